The second-order valence-electron chi connectivity index (χ2n) is 4.48. The van der Waals surface area contributed by atoms with Gasteiger partial charge in [0.25, 0.3) is 0 Å². The molecular weight excluding hydrogens is 268 g/mol. The number of nitrogens with zero attached hydrogens (tertiary/aromatic N) is 2. The van der Waals surface area contributed by atoms with Gasteiger partial charge in [-0.05, 0) is 12.2 Å². The van der Waals surface area contributed by atoms with Crippen molar-refractivity contribution in [2.45, 2.75) is 31.2 Å². The lowest BCUT2D eigenvalue weighted by molar-refractivity contribution is 0.778. The van der Waals surface area contributed by atoms with E-state index in [1.807, 2.05) is 36.4 Å². The molecule has 0 aliphatic carbocycles. The molecule has 1 aromatic carbocycles. The summed E-state index contributed by atoms with van der Waals surface area (Å²) in [5, 5.41) is 0.961. The molecule has 1 heterocycles. The molecule has 2 aromatic rings. The molecule has 0 radical (unpaired) electrons. The summed E-state index contributed by atoms with van der Waals surface area (Å²) < 4.78 is 0. The monoisotopic (exact) mass is 288 g/mol. The summed E-state index contributed by atoms with van der Waals surface area (Å²) >= 11 is 1.75. The van der Waals surface area contributed by atoms with Crippen molar-refractivity contribution >= 4 is 17.6 Å². The number of rotatable bonds is 7. The number of hydrogen-bond acceptors (Lipinski definition) is 5. The highest BCUT2D eigenvalue weighted by atomic mass is 32.2. The van der Waals surface area contributed by atoms with E-state index in [-0.39, 0.29) is 0 Å². The zero-order valence-corrected chi connectivity index (χ0v) is 12.5. The fourth-order valence-corrected chi connectivity index (χ4v) is 2.72. The molecule has 106 valence electrons. The zero-order valence-electron chi connectivity index (χ0n) is 11.7. The van der Waals surface area contributed by atoms with Crippen LogP contribution in [-0.4, -0.2) is 15.7 Å². The molecule has 0 aliphatic heterocycles. The zero-order chi connectivity index (χ0) is 14.2. The predicted molar refractivity (Wildman–Crippen MR) is 85.5 cm³/mol. The van der Waals surface area contributed by atoms with Crippen LogP contribution in [0, 0.1) is 0 Å². The number of nitrogens with one attached hydrogen (secondary N) is 1. The van der Waals surface area contributed by atoms with Gasteiger partial charge in [-0.3, -0.25) is 0 Å². The van der Waals surface area contributed by atoms with Crippen LogP contribution in [0.1, 0.15) is 26.2 Å². The summed E-state index contributed by atoms with van der Waals surface area (Å²) in [5.41, 5.74) is 3.61. The fourth-order valence-electron chi connectivity index (χ4n) is 1.82. The number of thioether (sulfide) groups is 1. The number of anilines is 1. The van der Waals surface area contributed by atoms with E-state index >= 15 is 0 Å². The predicted octanol–water partition coefficient (Wildman–Crippen LogP) is 3.71. The lowest BCUT2D eigenvalue weighted by Gasteiger charge is -2.07. The Labute approximate surface area is 124 Å². The van der Waals surface area contributed by atoms with Crippen molar-refractivity contribution in [3.8, 4) is 11.4 Å². The first kappa shape index (κ1) is 14.8. The summed E-state index contributed by atoms with van der Waals surface area (Å²) in [4.78, 5) is 9.01. The molecule has 0 spiro atoms. The molecule has 0 saturated heterocycles. The van der Waals surface area contributed by atoms with Gasteiger partial charge in [-0.15, -0.1) is 11.8 Å². The quantitative estimate of drug-likeness (QED) is 0.267. The summed E-state index contributed by atoms with van der Waals surface area (Å²) in [6.45, 7) is 2.21. The molecule has 0 unspecified atom stereocenters. The minimum Gasteiger partial charge on any atom is -0.308 e. The van der Waals surface area contributed by atoms with E-state index in [1.165, 1.54) is 19.3 Å². The lowest BCUT2D eigenvalue weighted by atomic mass is 10.2. The number of aromatic nitrogens is 2. The lowest BCUT2D eigenvalue weighted by Crippen LogP contribution is -2.09. The standard InChI is InChI=1S/C15H20N4S/c1-2-3-7-10-20-14-11-13(19-16)17-15(18-14)12-8-5-4-6-9-12/h4-6,8-9,11H,2-3,7,10,16H2,1H3,(H,17,18,19). The van der Waals surface area contributed by atoms with Crippen molar-refractivity contribution in [1.29, 1.82) is 0 Å². The van der Waals surface area contributed by atoms with Crippen molar-refractivity contribution < 1.29 is 0 Å². The molecule has 0 bridgehead atoms. The Balaban J connectivity index is 2.16. The van der Waals surface area contributed by atoms with Crippen LogP contribution in [0.15, 0.2) is 41.4 Å². The van der Waals surface area contributed by atoms with Crippen molar-refractivity contribution in [3.05, 3.63) is 36.4 Å². The van der Waals surface area contributed by atoms with Crippen molar-refractivity contribution in [2.24, 2.45) is 5.84 Å². The molecule has 1 aromatic heterocycles. The number of nitrogen functional groups attached to an aromatic ring is 1. The first-order valence-corrected chi connectivity index (χ1v) is 7.86. The van der Waals surface area contributed by atoms with Gasteiger partial charge in [0.15, 0.2) is 5.82 Å². The van der Waals surface area contributed by atoms with Gasteiger partial charge in [0.1, 0.15) is 10.8 Å². The van der Waals surface area contributed by atoms with Gasteiger partial charge in [0.05, 0.1) is 0 Å². The highest BCUT2D eigenvalue weighted by Gasteiger charge is 2.06. The van der Waals surface area contributed by atoms with Crippen LogP contribution in [0.5, 0.6) is 0 Å². The van der Waals surface area contributed by atoms with Crippen LogP contribution in [0.3, 0.4) is 0 Å². The first-order chi connectivity index (χ1) is 9.83. The van der Waals surface area contributed by atoms with Gasteiger partial charge in [0, 0.05) is 11.6 Å². The SMILES string of the molecule is CCCCCSc1cc(NN)nc(-c2ccccc2)n1. The molecule has 20 heavy (non-hydrogen) atoms. The highest BCUT2D eigenvalue weighted by molar-refractivity contribution is 7.99. The minimum absolute atomic E-state index is 0.650. The normalized spacial score (nSPS) is 10.5. The molecule has 0 fully saturated rings. The third kappa shape index (κ3) is 4.21. The maximum atomic E-state index is 5.49. The number of hydrazine groups is 1. The van der Waals surface area contributed by atoms with Gasteiger partial charge >= 0.3 is 0 Å². The van der Waals surface area contributed by atoms with E-state index in [1.54, 1.807) is 11.8 Å². The van der Waals surface area contributed by atoms with Crippen molar-refractivity contribution in [2.75, 3.05) is 11.2 Å². The van der Waals surface area contributed by atoms with Crippen LogP contribution in [0.25, 0.3) is 11.4 Å². The van der Waals surface area contributed by atoms with E-state index in [0.29, 0.717) is 11.6 Å². The molecule has 0 atom stereocenters. The number of nitrogens with two attached hydrogens (primary N) is 1. The Morgan fingerprint density at radius 2 is 1.95 bits per heavy atom. The van der Waals surface area contributed by atoms with E-state index < -0.39 is 0 Å². The van der Waals surface area contributed by atoms with Crippen LogP contribution < -0.4 is 11.3 Å². The average molecular weight is 288 g/mol. The molecular formula is C15H20N4S. The number of unbranched alkanes of at least 4 members (excludes halogenated alkanes) is 2. The molecule has 0 amide bonds. The van der Waals surface area contributed by atoms with Gasteiger partial charge in [0.2, 0.25) is 0 Å². The van der Waals surface area contributed by atoms with Crippen LogP contribution >= 0.6 is 11.8 Å². The second kappa shape index (κ2) is 7.87. The van der Waals surface area contributed by atoms with Crippen LogP contribution in [0.4, 0.5) is 5.82 Å². The summed E-state index contributed by atoms with van der Waals surface area (Å²) in [6.07, 6.45) is 3.69. The Morgan fingerprint density at radius 3 is 2.65 bits per heavy atom. The number of hydrogen-bond donors (Lipinski definition) is 2. The van der Waals surface area contributed by atoms with E-state index in [4.69, 9.17) is 5.84 Å². The molecule has 2 rings (SSSR count). The smallest absolute Gasteiger partial charge is 0.162 e. The Kier molecular flexibility index (Phi) is 5.83. The van der Waals surface area contributed by atoms with Gasteiger partial charge in [-0.1, -0.05) is 50.1 Å². The van der Waals surface area contributed by atoms with Crippen molar-refractivity contribution in [1.82, 2.24) is 9.97 Å². The largest absolute Gasteiger partial charge is 0.308 e. The van der Waals surface area contributed by atoms with Gasteiger partial charge in [-0.25, -0.2) is 15.8 Å². The Morgan fingerprint density at radius 1 is 1.15 bits per heavy atom. The Bertz CT molecular complexity index is 531. The summed E-state index contributed by atoms with van der Waals surface area (Å²) in [5.74, 6) is 7.92. The molecule has 4 nitrogen and oxygen atoms in total. The third-order valence-corrected chi connectivity index (χ3v) is 3.88. The topological polar surface area (TPSA) is 63.8 Å². The van der Waals surface area contributed by atoms with Gasteiger partial charge in [-0.2, -0.15) is 0 Å². The maximum absolute atomic E-state index is 5.49. The second-order valence-corrected chi connectivity index (χ2v) is 5.60. The first-order valence-electron chi connectivity index (χ1n) is 6.87. The molecule has 5 heteroatoms. The van der Waals surface area contributed by atoms with Crippen molar-refractivity contribution in [3.63, 3.8) is 0 Å². The third-order valence-electron chi connectivity index (χ3n) is 2.88. The molecule has 0 aliphatic rings. The van der Waals surface area contributed by atoms with E-state index in [9.17, 15) is 0 Å². The number of benzene rings is 1. The fraction of sp³-hybridized carbons (Fsp3) is 0.333. The van der Waals surface area contributed by atoms with Crippen LogP contribution in [-0.2, 0) is 0 Å². The molecule has 3 N–H and O–H groups in total. The minimum atomic E-state index is 0.650. The Hall–Kier alpha value is -1.59. The summed E-state index contributed by atoms with van der Waals surface area (Å²) in [7, 11) is 0. The summed E-state index contributed by atoms with van der Waals surface area (Å²) in [6, 6.07) is 11.8. The maximum Gasteiger partial charge on any atom is 0.162 e. The van der Waals surface area contributed by atoms with E-state index in [2.05, 4.69) is 22.3 Å². The van der Waals surface area contributed by atoms with E-state index in [0.717, 1.165) is 16.3 Å². The molecule has 0 saturated carbocycles. The van der Waals surface area contributed by atoms with Gasteiger partial charge < -0.3 is 5.43 Å². The highest BCUT2D eigenvalue weighted by Crippen LogP contribution is 2.24. The van der Waals surface area contributed by atoms with Crippen LogP contribution in [0.2, 0.25) is 0 Å². The average Bonchev–Trinajstić information content (AvgIpc) is 2.52.